The van der Waals surface area contributed by atoms with Crippen LogP contribution in [0.4, 0.5) is 15.1 Å². The molecule has 0 atom stereocenters. The summed E-state index contributed by atoms with van der Waals surface area (Å²) in [6, 6.07) is 14.8. The molecular formula is C24H24FN5O3. The van der Waals surface area contributed by atoms with Crippen LogP contribution in [0.25, 0.3) is 0 Å². The number of rotatable bonds is 6. The van der Waals surface area contributed by atoms with Gasteiger partial charge in [-0.05, 0) is 42.0 Å². The number of nitrogens with zero attached hydrogens (tertiary/aromatic N) is 4. The number of aromatic nitrogens is 2. The van der Waals surface area contributed by atoms with Gasteiger partial charge in [0.1, 0.15) is 11.6 Å². The normalized spacial score (nSPS) is 13.5. The molecule has 1 aliphatic heterocycles. The number of carbonyl (C=O) groups is 2. The van der Waals surface area contributed by atoms with Crippen LogP contribution in [0.5, 0.6) is 5.75 Å². The number of piperazine rings is 1. The van der Waals surface area contributed by atoms with Crippen LogP contribution in [0.1, 0.15) is 15.9 Å². The van der Waals surface area contributed by atoms with E-state index in [1.54, 1.807) is 58.6 Å². The van der Waals surface area contributed by atoms with E-state index in [1.807, 2.05) is 6.07 Å². The van der Waals surface area contributed by atoms with Crippen molar-refractivity contribution in [2.45, 2.75) is 6.42 Å². The number of amides is 3. The van der Waals surface area contributed by atoms with Crippen molar-refractivity contribution in [1.82, 2.24) is 19.8 Å². The molecule has 170 valence electrons. The second kappa shape index (κ2) is 10.5. The first-order chi connectivity index (χ1) is 16.1. The lowest BCUT2D eigenvalue weighted by molar-refractivity contribution is 0.0671. The highest BCUT2D eigenvalue weighted by Crippen LogP contribution is 2.17. The quantitative estimate of drug-likeness (QED) is 0.624. The van der Waals surface area contributed by atoms with Crippen LogP contribution >= 0.6 is 0 Å². The van der Waals surface area contributed by atoms with E-state index in [0.717, 1.165) is 5.56 Å². The Morgan fingerprint density at radius 2 is 1.67 bits per heavy atom. The zero-order valence-corrected chi connectivity index (χ0v) is 18.0. The van der Waals surface area contributed by atoms with Gasteiger partial charge in [0.05, 0.1) is 6.61 Å². The number of carbonyl (C=O) groups excluding carboxylic acids is 2. The number of hydrogen-bond donors (Lipinski definition) is 1. The largest absolute Gasteiger partial charge is 0.493 e. The summed E-state index contributed by atoms with van der Waals surface area (Å²) in [6.45, 7) is 2.04. The zero-order valence-electron chi connectivity index (χ0n) is 18.0. The van der Waals surface area contributed by atoms with E-state index in [0.29, 0.717) is 50.5 Å². The first kappa shape index (κ1) is 22.2. The highest BCUT2D eigenvalue weighted by Gasteiger charge is 2.25. The van der Waals surface area contributed by atoms with E-state index in [-0.39, 0.29) is 23.7 Å². The molecule has 4 rings (SSSR count). The Balaban J connectivity index is 1.27. The summed E-state index contributed by atoms with van der Waals surface area (Å²) in [5, 5.41) is 2.65. The van der Waals surface area contributed by atoms with Crippen molar-refractivity contribution in [2.24, 2.45) is 0 Å². The van der Waals surface area contributed by atoms with Crippen LogP contribution in [0.3, 0.4) is 0 Å². The molecule has 1 aromatic heterocycles. The lowest BCUT2D eigenvalue weighted by atomic mass is 10.1. The van der Waals surface area contributed by atoms with Gasteiger partial charge in [0.15, 0.2) is 0 Å². The topological polar surface area (TPSA) is 87.7 Å². The van der Waals surface area contributed by atoms with E-state index in [1.165, 1.54) is 12.1 Å². The summed E-state index contributed by atoms with van der Waals surface area (Å²) in [5.74, 6) is 0.441. The van der Waals surface area contributed by atoms with Crippen molar-refractivity contribution >= 4 is 17.9 Å². The lowest BCUT2D eigenvalue weighted by Crippen LogP contribution is -2.51. The predicted octanol–water partition coefficient (Wildman–Crippen LogP) is 3.23. The van der Waals surface area contributed by atoms with Gasteiger partial charge < -0.3 is 14.5 Å². The van der Waals surface area contributed by atoms with Gasteiger partial charge in [0, 0.05) is 50.6 Å². The van der Waals surface area contributed by atoms with E-state index >= 15 is 0 Å². The predicted molar refractivity (Wildman–Crippen MR) is 121 cm³/mol. The van der Waals surface area contributed by atoms with Crippen LogP contribution in [-0.2, 0) is 6.42 Å². The van der Waals surface area contributed by atoms with Crippen LogP contribution < -0.4 is 10.1 Å². The summed E-state index contributed by atoms with van der Waals surface area (Å²) in [5.41, 5.74) is 1.37. The van der Waals surface area contributed by atoms with Crippen molar-refractivity contribution in [1.29, 1.82) is 0 Å². The molecule has 0 bridgehead atoms. The molecule has 1 aliphatic rings. The van der Waals surface area contributed by atoms with Gasteiger partial charge in [-0.25, -0.2) is 19.2 Å². The Hall–Kier alpha value is -4.01. The summed E-state index contributed by atoms with van der Waals surface area (Å²) in [4.78, 5) is 36.6. The van der Waals surface area contributed by atoms with Crippen molar-refractivity contribution in [3.05, 3.63) is 83.9 Å². The first-order valence-corrected chi connectivity index (χ1v) is 10.7. The zero-order chi connectivity index (χ0) is 23.0. The Morgan fingerprint density at radius 1 is 0.939 bits per heavy atom. The molecule has 9 heteroatoms. The van der Waals surface area contributed by atoms with Crippen molar-refractivity contribution in [2.75, 3.05) is 38.1 Å². The summed E-state index contributed by atoms with van der Waals surface area (Å²) in [6.07, 6.45) is 3.67. The standard InChI is InChI=1S/C24H24FN5O3/c25-20-6-1-4-18(16-20)8-15-33-21-7-2-5-19(17-21)22(31)29-11-13-30(14-12-29)24(32)28-23-26-9-3-10-27-23/h1-7,9-10,16-17H,8,11-15H2,(H,26,27,28,32). The third-order valence-electron chi connectivity index (χ3n) is 5.27. The third kappa shape index (κ3) is 6.03. The van der Waals surface area contributed by atoms with E-state index in [2.05, 4.69) is 15.3 Å². The van der Waals surface area contributed by atoms with Gasteiger partial charge in [0.2, 0.25) is 5.95 Å². The molecule has 0 saturated carbocycles. The highest BCUT2D eigenvalue weighted by atomic mass is 19.1. The number of nitrogens with one attached hydrogen (secondary N) is 1. The maximum absolute atomic E-state index is 13.3. The van der Waals surface area contributed by atoms with Crippen molar-refractivity contribution in [3.8, 4) is 5.75 Å². The molecule has 1 N–H and O–H groups in total. The lowest BCUT2D eigenvalue weighted by Gasteiger charge is -2.34. The summed E-state index contributed by atoms with van der Waals surface area (Å²) in [7, 11) is 0. The van der Waals surface area contributed by atoms with E-state index in [4.69, 9.17) is 4.74 Å². The van der Waals surface area contributed by atoms with Gasteiger partial charge in [-0.2, -0.15) is 0 Å². The fourth-order valence-electron chi connectivity index (χ4n) is 3.53. The maximum atomic E-state index is 13.3. The fraction of sp³-hybridized carbons (Fsp3) is 0.250. The van der Waals surface area contributed by atoms with Gasteiger partial charge in [-0.3, -0.25) is 10.1 Å². The Morgan fingerprint density at radius 3 is 2.42 bits per heavy atom. The smallest absolute Gasteiger partial charge is 0.324 e. The van der Waals surface area contributed by atoms with E-state index in [9.17, 15) is 14.0 Å². The molecule has 0 spiro atoms. The molecule has 0 aliphatic carbocycles. The SMILES string of the molecule is O=C(Nc1ncccn1)N1CCN(C(=O)c2cccc(OCCc3cccc(F)c3)c2)CC1. The molecule has 2 heterocycles. The second-order valence-electron chi connectivity index (χ2n) is 7.54. The third-order valence-corrected chi connectivity index (χ3v) is 5.27. The van der Waals surface area contributed by atoms with Crippen molar-refractivity contribution in [3.63, 3.8) is 0 Å². The van der Waals surface area contributed by atoms with Crippen LogP contribution in [0, 0.1) is 5.82 Å². The minimum absolute atomic E-state index is 0.114. The minimum Gasteiger partial charge on any atom is -0.493 e. The first-order valence-electron chi connectivity index (χ1n) is 10.7. The molecule has 3 amide bonds. The number of ether oxygens (including phenoxy) is 1. The molecule has 8 nitrogen and oxygen atoms in total. The maximum Gasteiger partial charge on any atom is 0.324 e. The Kier molecular flexibility index (Phi) is 7.09. The van der Waals surface area contributed by atoms with Gasteiger partial charge in [-0.15, -0.1) is 0 Å². The Bertz CT molecular complexity index is 1100. The average molecular weight is 449 g/mol. The Labute approximate surface area is 191 Å². The summed E-state index contributed by atoms with van der Waals surface area (Å²) < 4.78 is 19.1. The number of hydrogen-bond acceptors (Lipinski definition) is 5. The fourth-order valence-corrected chi connectivity index (χ4v) is 3.53. The minimum atomic E-state index is -0.290. The highest BCUT2D eigenvalue weighted by molar-refractivity contribution is 5.95. The monoisotopic (exact) mass is 449 g/mol. The molecule has 0 unspecified atom stereocenters. The molecule has 2 aromatic carbocycles. The second-order valence-corrected chi connectivity index (χ2v) is 7.54. The molecule has 3 aromatic rings. The molecule has 0 radical (unpaired) electrons. The van der Waals surface area contributed by atoms with E-state index < -0.39 is 0 Å². The van der Waals surface area contributed by atoms with Crippen LogP contribution in [-0.4, -0.2) is 64.5 Å². The molecule has 1 saturated heterocycles. The average Bonchev–Trinajstić information content (AvgIpc) is 2.84. The van der Waals surface area contributed by atoms with Crippen molar-refractivity contribution < 1.29 is 18.7 Å². The number of anilines is 1. The van der Waals surface area contributed by atoms with Gasteiger partial charge >= 0.3 is 6.03 Å². The number of halogens is 1. The summed E-state index contributed by atoms with van der Waals surface area (Å²) >= 11 is 0. The molecular weight excluding hydrogens is 425 g/mol. The van der Waals surface area contributed by atoms with Gasteiger partial charge in [0.25, 0.3) is 5.91 Å². The molecule has 1 fully saturated rings. The van der Waals surface area contributed by atoms with Crippen LogP contribution in [0.15, 0.2) is 67.0 Å². The number of benzene rings is 2. The van der Waals surface area contributed by atoms with Crippen LogP contribution in [0.2, 0.25) is 0 Å². The van der Waals surface area contributed by atoms with Gasteiger partial charge in [-0.1, -0.05) is 18.2 Å². The number of urea groups is 1. The molecule has 33 heavy (non-hydrogen) atoms.